The lowest BCUT2D eigenvalue weighted by molar-refractivity contribution is -0.151. The molecule has 52 heavy (non-hydrogen) atoms. The molecule has 0 heterocycles. The molecule has 0 spiro atoms. The van der Waals surface area contributed by atoms with Gasteiger partial charge in [-0.15, -0.1) is 0 Å². The van der Waals surface area contributed by atoms with Crippen LogP contribution in [0.15, 0.2) is 36.5 Å². The first-order valence-electron chi connectivity index (χ1n) is 22.2. The molecule has 3 atom stereocenters. The summed E-state index contributed by atoms with van der Waals surface area (Å²) in [5.41, 5.74) is 0. The number of carbonyl (C=O) groups is 2. The number of hydrogen-bond donors (Lipinski definition) is 3. The number of hydrogen-bond acceptors (Lipinski definition) is 5. The average molecular weight is 732 g/mol. The van der Waals surface area contributed by atoms with Crippen LogP contribution < -0.4 is 5.32 Å². The summed E-state index contributed by atoms with van der Waals surface area (Å²) in [6.07, 6.45) is 44.9. The van der Waals surface area contributed by atoms with Gasteiger partial charge in [0.25, 0.3) is 0 Å². The van der Waals surface area contributed by atoms with Crippen molar-refractivity contribution in [3.8, 4) is 0 Å². The van der Waals surface area contributed by atoms with E-state index in [-0.39, 0.29) is 24.9 Å². The Morgan fingerprint density at radius 3 is 1.56 bits per heavy atom. The number of unbranched alkanes of at least 4 members (excludes halogenated alkanes) is 23. The van der Waals surface area contributed by atoms with E-state index in [1.54, 1.807) is 0 Å². The Morgan fingerprint density at radius 2 is 1.04 bits per heavy atom. The Labute approximate surface area is 322 Å². The lowest BCUT2D eigenvalue weighted by Gasteiger charge is -2.24. The van der Waals surface area contributed by atoms with Crippen molar-refractivity contribution in [3.63, 3.8) is 0 Å². The van der Waals surface area contributed by atoms with Crippen LogP contribution >= 0.6 is 0 Å². The zero-order valence-electron chi connectivity index (χ0n) is 34.4. The summed E-state index contributed by atoms with van der Waals surface area (Å²) in [6.45, 7) is 6.31. The lowest BCUT2D eigenvalue weighted by Crippen LogP contribution is -2.46. The Hall–Kier alpha value is -1.92. The molecule has 3 unspecified atom stereocenters. The second-order valence-corrected chi connectivity index (χ2v) is 15.1. The monoisotopic (exact) mass is 732 g/mol. The number of ether oxygens (including phenoxy) is 1. The predicted octanol–water partition coefficient (Wildman–Crippen LogP) is 12.6. The van der Waals surface area contributed by atoms with Crippen molar-refractivity contribution in [2.75, 3.05) is 6.61 Å². The first-order valence-corrected chi connectivity index (χ1v) is 22.2. The summed E-state index contributed by atoms with van der Waals surface area (Å²) < 4.78 is 5.87. The van der Waals surface area contributed by atoms with Crippen molar-refractivity contribution in [2.45, 2.75) is 238 Å². The number of esters is 1. The third-order valence-corrected chi connectivity index (χ3v) is 10.0. The van der Waals surface area contributed by atoms with Crippen molar-refractivity contribution in [3.05, 3.63) is 36.5 Å². The van der Waals surface area contributed by atoms with Gasteiger partial charge >= 0.3 is 5.97 Å². The fourth-order valence-electron chi connectivity index (χ4n) is 6.66. The van der Waals surface area contributed by atoms with E-state index in [4.69, 9.17) is 4.74 Å². The lowest BCUT2D eigenvalue weighted by atomic mass is 10.0. The van der Waals surface area contributed by atoms with Gasteiger partial charge in [-0.1, -0.05) is 198 Å². The highest BCUT2D eigenvalue weighted by atomic mass is 16.5. The molecule has 0 aromatic heterocycles. The standard InChI is InChI=1S/C46H85NO5/c1-4-7-10-13-16-19-22-25-28-31-34-37-42(52-46(51)39-36-33-30-27-24-21-18-15-12-9-6-3)40-45(50)47-43(41-48)44(49)38-35-32-29-26-23-20-17-14-11-8-5-2/h7,10,13,16,19,22,42-44,48-49H,4-6,8-9,11-12,14-15,17-18,20-21,23-41H2,1-3H3,(H,47,50)/b10-7+,16-13+,22-19-. The summed E-state index contributed by atoms with van der Waals surface area (Å²) in [4.78, 5) is 25.9. The average Bonchev–Trinajstić information content (AvgIpc) is 3.13. The molecule has 3 N–H and O–H groups in total. The summed E-state index contributed by atoms with van der Waals surface area (Å²) in [5, 5.41) is 23.6. The van der Waals surface area contributed by atoms with Gasteiger partial charge in [0.15, 0.2) is 0 Å². The molecule has 0 saturated heterocycles. The fraction of sp³-hybridized carbons (Fsp3) is 0.826. The smallest absolute Gasteiger partial charge is 0.306 e. The number of aliphatic hydroxyl groups excluding tert-OH is 2. The number of aliphatic hydroxyl groups is 2. The molecule has 0 saturated carbocycles. The van der Waals surface area contributed by atoms with Crippen LogP contribution in [0.3, 0.4) is 0 Å². The van der Waals surface area contributed by atoms with Crippen LogP contribution in [0.2, 0.25) is 0 Å². The molecule has 0 radical (unpaired) electrons. The van der Waals surface area contributed by atoms with Gasteiger partial charge in [0.05, 0.1) is 25.2 Å². The first-order chi connectivity index (χ1) is 25.5. The van der Waals surface area contributed by atoms with Gasteiger partial charge in [0.1, 0.15) is 6.10 Å². The van der Waals surface area contributed by atoms with Crippen molar-refractivity contribution in [1.82, 2.24) is 5.32 Å². The molecule has 0 rings (SSSR count). The normalized spacial score (nSPS) is 13.7. The predicted molar refractivity (Wildman–Crippen MR) is 222 cm³/mol. The molecule has 6 heteroatoms. The minimum atomic E-state index is -0.792. The molecule has 0 aromatic rings. The van der Waals surface area contributed by atoms with Crippen LogP contribution in [-0.4, -0.2) is 46.9 Å². The van der Waals surface area contributed by atoms with Crippen LogP contribution in [0.5, 0.6) is 0 Å². The zero-order valence-corrected chi connectivity index (χ0v) is 34.4. The minimum Gasteiger partial charge on any atom is -0.462 e. The first kappa shape index (κ1) is 50.1. The van der Waals surface area contributed by atoms with Crippen LogP contribution in [0.1, 0.15) is 220 Å². The highest BCUT2D eigenvalue weighted by molar-refractivity contribution is 5.77. The molecule has 1 amide bonds. The zero-order chi connectivity index (χ0) is 38.2. The van der Waals surface area contributed by atoms with Gasteiger partial charge in [-0.3, -0.25) is 9.59 Å². The highest BCUT2D eigenvalue weighted by Gasteiger charge is 2.24. The van der Waals surface area contributed by atoms with Crippen LogP contribution in [0, 0.1) is 0 Å². The van der Waals surface area contributed by atoms with E-state index in [2.05, 4.69) is 50.4 Å². The van der Waals surface area contributed by atoms with E-state index in [0.717, 1.165) is 70.6 Å². The van der Waals surface area contributed by atoms with Gasteiger partial charge in [-0.2, -0.15) is 0 Å². The summed E-state index contributed by atoms with van der Waals surface area (Å²) in [6, 6.07) is -0.707. The van der Waals surface area contributed by atoms with Crippen molar-refractivity contribution >= 4 is 11.9 Å². The fourth-order valence-corrected chi connectivity index (χ4v) is 6.66. The number of carbonyl (C=O) groups excluding carboxylic acids is 2. The number of amides is 1. The molecule has 6 nitrogen and oxygen atoms in total. The van der Waals surface area contributed by atoms with Gasteiger partial charge < -0.3 is 20.3 Å². The van der Waals surface area contributed by atoms with Crippen molar-refractivity contribution in [1.29, 1.82) is 0 Å². The number of nitrogens with one attached hydrogen (secondary N) is 1. The largest absolute Gasteiger partial charge is 0.462 e. The summed E-state index contributed by atoms with van der Waals surface area (Å²) in [7, 11) is 0. The molecular formula is C46H85NO5. The highest BCUT2D eigenvalue weighted by Crippen LogP contribution is 2.17. The molecule has 0 aliphatic heterocycles. The minimum absolute atomic E-state index is 0.0572. The Morgan fingerprint density at radius 1 is 0.577 bits per heavy atom. The van der Waals surface area contributed by atoms with E-state index in [1.165, 1.54) is 103 Å². The van der Waals surface area contributed by atoms with Crippen LogP contribution in [-0.2, 0) is 14.3 Å². The van der Waals surface area contributed by atoms with Crippen LogP contribution in [0.4, 0.5) is 0 Å². The Balaban J connectivity index is 4.62. The molecular weight excluding hydrogens is 647 g/mol. The molecule has 0 aromatic carbocycles. The van der Waals surface area contributed by atoms with Gasteiger partial charge in [-0.05, 0) is 44.9 Å². The van der Waals surface area contributed by atoms with Crippen molar-refractivity contribution in [2.24, 2.45) is 0 Å². The Kier molecular flexibility index (Phi) is 38.8. The summed E-state index contributed by atoms with van der Waals surface area (Å²) >= 11 is 0. The van der Waals surface area contributed by atoms with E-state index in [9.17, 15) is 19.8 Å². The van der Waals surface area contributed by atoms with Gasteiger partial charge in [0, 0.05) is 6.42 Å². The third kappa shape index (κ3) is 35.1. The topological polar surface area (TPSA) is 95.9 Å². The van der Waals surface area contributed by atoms with E-state index >= 15 is 0 Å². The maximum absolute atomic E-state index is 13.1. The van der Waals surface area contributed by atoms with E-state index < -0.39 is 18.2 Å². The maximum Gasteiger partial charge on any atom is 0.306 e. The van der Waals surface area contributed by atoms with Gasteiger partial charge in [0.2, 0.25) is 5.91 Å². The molecule has 304 valence electrons. The third-order valence-electron chi connectivity index (χ3n) is 10.0. The molecule has 0 fully saturated rings. The van der Waals surface area contributed by atoms with E-state index in [0.29, 0.717) is 19.3 Å². The maximum atomic E-state index is 13.1. The van der Waals surface area contributed by atoms with Crippen molar-refractivity contribution < 1.29 is 24.5 Å². The second-order valence-electron chi connectivity index (χ2n) is 15.1. The number of rotatable bonds is 39. The Bertz CT molecular complexity index is 869. The van der Waals surface area contributed by atoms with Crippen LogP contribution in [0.25, 0.3) is 0 Å². The molecule has 0 aliphatic carbocycles. The quantitative estimate of drug-likeness (QED) is 0.0332. The summed E-state index contributed by atoms with van der Waals surface area (Å²) in [5.74, 6) is -0.507. The van der Waals surface area contributed by atoms with Gasteiger partial charge in [-0.25, -0.2) is 0 Å². The number of allylic oxidation sites excluding steroid dienone is 6. The second kappa shape index (κ2) is 40.3. The molecule has 0 aliphatic rings. The molecule has 0 bridgehead atoms. The van der Waals surface area contributed by atoms with E-state index in [1.807, 2.05) is 12.2 Å². The SMILES string of the molecule is CC/C=C/C=C/C=C\CCCCCC(CC(=O)NC(CO)C(O)CCCCCCCCCCCCC)OC(=O)CCCCCCCCCCCCC.